The van der Waals surface area contributed by atoms with Gasteiger partial charge in [0, 0.05) is 6.54 Å². The first-order chi connectivity index (χ1) is 9.70. The summed E-state index contributed by atoms with van der Waals surface area (Å²) in [5.41, 5.74) is 0.702. The van der Waals surface area contributed by atoms with Gasteiger partial charge in [0.25, 0.3) is 0 Å². The van der Waals surface area contributed by atoms with Gasteiger partial charge in [0.1, 0.15) is 5.75 Å². The van der Waals surface area contributed by atoms with Crippen LogP contribution < -0.4 is 4.74 Å². The zero-order chi connectivity index (χ0) is 14.4. The fourth-order valence-electron chi connectivity index (χ4n) is 3.01. The number of ether oxygens (including phenoxy) is 1. The molecule has 2 rings (SSSR count). The zero-order valence-corrected chi connectivity index (χ0v) is 12.6. The summed E-state index contributed by atoms with van der Waals surface area (Å²) in [5.74, 6) is 1.62. The Labute approximate surface area is 121 Å². The number of rotatable bonds is 7. The van der Waals surface area contributed by atoms with E-state index in [0.717, 1.165) is 12.5 Å². The van der Waals surface area contributed by atoms with Crippen LogP contribution in [0.3, 0.4) is 0 Å². The van der Waals surface area contributed by atoms with Crippen LogP contribution in [-0.4, -0.2) is 37.4 Å². The highest BCUT2D eigenvalue weighted by atomic mass is 16.5. The lowest BCUT2D eigenvalue weighted by Gasteiger charge is -2.20. The van der Waals surface area contributed by atoms with Crippen molar-refractivity contribution in [2.75, 3.05) is 26.7 Å². The maximum absolute atomic E-state index is 12.4. The third kappa shape index (κ3) is 4.07. The van der Waals surface area contributed by atoms with Crippen LogP contribution in [0.1, 0.15) is 43.0 Å². The summed E-state index contributed by atoms with van der Waals surface area (Å²) in [4.78, 5) is 14.6. The van der Waals surface area contributed by atoms with E-state index >= 15 is 0 Å². The van der Waals surface area contributed by atoms with Crippen molar-refractivity contribution in [1.29, 1.82) is 0 Å². The molecule has 0 aliphatic heterocycles. The minimum atomic E-state index is 0.148. The Morgan fingerprint density at radius 3 is 2.70 bits per heavy atom. The van der Waals surface area contributed by atoms with E-state index in [1.165, 1.54) is 25.7 Å². The molecule has 0 spiro atoms. The number of carbonyl (C=O) groups excluding carboxylic acids is 1. The van der Waals surface area contributed by atoms with Crippen LogP contribution in [-0.2, 0) is 0 Å². The third-order valence-electron chi connectivity index (χ3n) is 3.95. The summed E-state index contributed by atoms with van der Waals surface area (Å²) in [7, 11) is 2.04. The Hall–Kier alpha value is -1.35. The number of Topliss-reactive ketones (excluding diaryl/α,β-unsaturated/α-hetero) is 1. The van der Waals surface area contributed by atoms with Gasteiger partial charge in [-0.05, 0) is 44.9 Å². The van der Waals surface area contributed by atoms with Crippen LogP contribution in [0.25, 0.3) is 0 Å². The minimum absolute atomic E-state index is 0.148. The maximum atomic E-state index is 12.4. The molecule has 1 aromatic rings. The largest absolute Gasteiger partial charge is 0.493 e. The second-order valence-corrected chi connectivity index (χ2v) is 5.70. The molecule has 0 N–H and O–H groups in total. The lowest BCUT2D eigenvalue weighted by Crippen LogP contribution is -2.30. The van der Waals surface area contributed by atoms with Crippen molar-refractivity contribution in [1.82, 2.24) is 4.90 Å². The number of likely N-dealkylation sites (N-methyl/N-ethyl adjacent to an activating group) is 1. The maximum Gasteiger partial charge on any atom is 0.180 e. The van der Waals surface area contributed by atoms with Crippen LogP contribution >= 0.6 is 0 Å². The van der Waals surface area contributed by atoms with Crippen LogP contribution in [0.4, 0.5) is 0 Å². The molecule has 20 heavy (non-hydrogen) atoms. The second-order valence-electron chi connectivity index (χ2n) is 5.70. The summed E-state index contributed by atoms with van der Waals surface area (Å²) >= 11 is 0. The van der Waals surface area contributed by atoms with Gasteiger partial charge in [-0.2, -0.15) is 0 Å². The van der Waals surface area contributed by atoms with Gasteiger partial charge in [0.15, 0.2) is 5.78 Å². The van der Waals surface area contributed by atoms with E-state index < -0.39 is 0 Å². The first kappa shape index (κ1) is 15.0. The second kappa shape index (κ2) is 7.44. The van der Waals surface area contributed by atoms with Crippen molar-refractivity contribution in [2.24, 2.45) is 5.92 Å². The van der Waals surface area contributed by atoms with E-state index in [1.807, 2.05) is 38.2 Å². The molecule has 1 aliphatic carbocycles. The molecule has 3 heteroatoms. The molecule has 110 valence electrons. The molecule has 0 heterocycles. The first-order valence-electron chi connectivity index (χ1n) is 7.64. The molecule has 0 amide bonds. The Bertz CT molecular complexity index is 438. The van der Waals surface area contributed by atoms with Crippen molar-refractivity contribution in [2.45, 2.75) is 32.6 Å². The molecule has 0 atom stereocenters. The van der Waals surface area contributed by atoms with Crippen molar-refractivity contribution in [3.8, 4) is 5.75 Å². The van der Waals surface area contributed by atoms with Crippen LogP contribution in [0, 0.1) is 5.92 Å². The third-order valence-corrected chi connectivity index (χ3v) is 3.95. The van der Waals surface area contributed by atoms with Gasteiger partial charge >= 0.3 is 0 Å². The Kier molecular flexibility index (Phi) is 5.60. The van der Waals surface area contributed by atoms with E-state index in [-0.39, 0.29) is 5.78 Å². The highest BCUT2D eigenvalue weighted by Crippen LogP contribution is 2.25. The quantitative estimate of drug-likeness (QED) is 0.714. The van der Waals surface area contributed by atoms with Crippen molar-refractivity contribution < 1.29 is 9.53 Å². The average molecular weight is 275 g/mol. The minimum Gasteiger partial charge on any atom is -0.493 e. The molecular weight excluding hydrogens is 250 g/mol. The average Bonchev–Trinajstić information content (AvgIpc) is 2.92. The highest BCUT2D eigenvalue weighted by Gasteiger charge is 2.19. The van der Waals surface area contributed by atoms with Gasteiger partial charge in [0.2, 0.25) is 0 Å². The number of carbonyl (C=O) groups is 1. The summed E-state index contributed by atoms with van der Waals surface area (Å²) in [6.07, 6.45) is 5.32. The molecule has 0 bridgehead atoms. The lowest BCUT2D eigenvalue weighted by molar-refractivity contribution is 0.0934. The number of hydrogen-bond acceptors (Lipinski definition) is 3. The molecule has 0 unspecified atom stereocenters. The van der Waals surface area contributed by atoms with Gasteiger partial charge in [-0.25, -0.2) is 0 Å². The van der Waals surface area contributed by atoms with Crippen molar-refractivity contribution in [3.63, 3.8) is 0 Å². The van der Waals surface area contributed by atoms with Crippen molar-refractivity contribution in [3.05, 3.63) is 29.8 Å². The number of ketones is 1. The van der Waals surface area contributed by atoms with E-state index in [9.17, 15) is 4.79 Å². The SMILES string of the molecule is CCOc1ccccc1C(=O)CN(C)CC1CCCC1. The molecule has 0 radical (unpaired) electrons. The molecule has 1 fully saturated rings. The molecule has 1 aliphatic rings. The molecule has 0 aromatic heterocycles. The molecule has 3 nitrogen and oxygen atoms in total. The lowest BCUT2D eigenvalue weighted by atomic mass is 10.1. The monoisotopic (exact) mass is 275 g/mol. The smallest absolute Gasteiger partial charge is 0.180 e. The molecule has 1 aromatic carbocycles. The fraction of sp³-hybridized carbons (Fsp3) is 0.588. The van der Waals surface area contributed by atoms with E-state index in [1.54, 1.807) is 0 Å². The van der Waals surface area contributed by atoms with Crippen LogP contribution in [0.5, 0.6) is 5.75 Å². The molecule has 1 saturated carbocycles. The Balaban J connectivity index is 1.93. The number of benzene rings is 1. The standard InChI is InChI=1S/C17H25NO2/c1-3-20-17-11-7-6-10-15(17)16(19)13-18(2)12-14-8-4-5-9-14/h6-7,10-11,14H,3-5,8-9,12-13H2,1-2H3. The van der Waals surface area contributed by atoms with Gasteiger partial charge < -0.3 is 4.74 Å². The normalized spacial score (nSPS) is 15.8. The van der Waals surface area contributed by atoms with E-state index in [2.05, 4.69) is 4.90 Å². The predicted octanol–water partition coefficient (Wildman–Crippen LogP) is 3.39. The fourth-order valence-corrected chi connectivity index (χ4v) is 3.01. The van der Waals surface area contributed by atoms with Crippen molar-refractivity contribution >= 4 is 5.78 Å². The van der Waals surface area contributed by atoms with Gasteiger partial charge in [0.05, 0.1) is 18.7 Å². The number of hydrogen-bond donors (Lipinski definition) is 0. The zero-order valence-electron chi connectivity index (χ0n) is 12.6. The number of para-hydroxylation sites is 1. The topological polar surface area (TPSA) is 29.5 Å². The van der Waals surface area contributed by atoms with E-state index in [4.69, 9.17) is 4.74 Å². The Morgan fingerprint density at radius 1 is 1.30 bits per heavy atom. The highest BCUT2D eigenvalue weighted by molar-refractivity contribution is 6.00. The summed E-state index contributed by atoms with van der Waals surface area (Å²) in [5, 5.41) is 0. The summed E-state index contributed by atoms with van der Waals surface area (Å²) in [6, 6.07) is 7.53. The Morgan fingerprint density at radius 2 is 2.00 bits per heavy atom. The number of nitrogens with zero attached hydrogens (tertiary/aromatic N) is 1. The van der Waals surface area contributed by atoms with Gasteiger partial charge in [-0.15, -0.1) is 0 Å². The van der Waals surface area contributed by atoms with Crippen LogP contribution in [0.2, 0.25) is 0 Å². The van der Waals surface area contributed by atoms with Gasteiger partial charge in [-0.1, -0.05) is 25.0 Å². The summed E-state index contributed by atoms with van der Waals surface area (Å²) < 4.78 is 5.53. The molecule has 0 saturated heterocycles. The van der Waals surface area contributed by atoms with E-state index in [0.29, 0.717) is 24.5 Å². The predicted molar refractivity (Wildman–Crippen MR) is 81.4 cm³/mol. The first-order valence-corrected chi connectivity index (χ1v) is 7.64. The summed E-state index contributed by atoms with van der Waals surface area (Å²) in [6.45, 7) is 4.03. The van der Waals surface area contributed by atoms with Gasteiger partial charge in [-0.3, -0.25) is 9.69 Å². The molecular formula is C17H25NO2. The van der Waals surface area contributed by atoms with Crippen LogP contribution in [0.15, 0.2) is 24.3 Å².